The molecule has 1 atom stereocenters. The third kappa shape index (κ3) is 4.04. The summed E-state index contributed by atoms with van der Waals surface area (Å²) in [6.45, 7) is 10.0. The lowest BCUT2D eigenvalue weighted by Gasteiger charge is -2.26. The number of hydrogen-bond acceptors (Lipinski definition) is 2. The minimum absolute atomic E-state index is 0.317. The zero-order valence-corrected chi connectivity index (χ0v) is 11.7. The Morgan fingerprint density at radius 3 is 2.53 bits per heavy atom. The fourth-order valence-corrected chi connectivity index (χ4v) is 1.69. The number of rotatable bonds is 6. The van der Waals surface area contributed by atoms with Crippen LogP contribution in [0.25, 0.3) is 0 Å². The van der Waals surface area contributed by atoms with Gasteiger partial charge in [-0.2, -0.15) is 0 Å². The van der Waals surface area contributed by atoms with Gasteiger partial charge in [0.15, 0.2) is 0 Å². The van der Waals surface area contributed by atoms with E-state index in [1.165, 1.54) is 12.0 Å². The normalized spacial score (nSPS) is 13.5. The monoisotopic (exact) mass is 235 g/mol. The Morgan fingerprint density at radius 2 is 1.94 bits per heavy atom. The van der Waals surface area contributed by atoms with Crippen molar-refractivity contribution in [3.05, 3.63) is 29.8 Å². The highest BCUT2D eigenvalue weighted by atomic mass is 16.5. The molecule has 0 heterocycles. The van der Waals surface area contributed by atoms with E-state index in [9.17, 15) is 0 Å². The lowest BCUT2D eigenvalue weighted by atomic mass is 9.90. The van der Waals surface area contributed by atoms with Crippen LogP contribution < -0.4 is 10.1 Å². The van der Waals surface area contributed by atoms with Gasteiger partial charge in [0.05, 0.1) is 7.11 Å². The van der Waals surface area contributed by atoms with Gasteiger partial charge in [0, 0.05) is 18.2 Å². The first-order valence-corrected chi connectivity index (χ1v) is 6.36. The zero-order valence-electron chi connectivity index (χ0n) is 11.7. The van der Waals surface area contributed by atoms with Crippen molar-refractivity contribution in [3.63, 3.8) is 0 Å². The van der Waals surface area contributed by atoms with Crippen molar-refractivity contribution in [2.45, 2.75) is 40.2 Å². The van der Waals surface area contributed by atoms with Gasteiger partial charge >= 0.3 is 0 Å². The molecule has 17 heavy (non-hydrogen) atoms. The Kier molecular flexibility index (Phi) is 5.01. The van der Waals surface area contributed by atoms with Gasteiger partial charge in [-0.25, -0.2) is 0 Å². The molecule has 1 unspecified atom stereocenters. The van der Waals surface area contributed by atoms with Crippen molar-refractivity contribution in [2.75, 3.05) is 13.7 Å². The average molecular weight is 235 g/mol. The molecule has 0 radical (unpaired) electrons. The topological polar surface area (TPSA) is 21.3 Å². The van der Waals surface area contributed by atoms with Crippen molar-refractivity contribution in [3.8, 4) is 5.75 Å². The van der Waals surface area contributed by atoms with Crippen LogP contribution in [0.4, 0.5) is 0 Å². The Morgan fingerprint density at radius 1 is 1.29 bits per heavy atom. The standard InChI is InChI=1S/C15H25NO/c1-6-15(3,4)11-16-12(2)13-9-7-8-10-14(13)17-5/h7-10,12,16H,6,11H2,1-5H3. The van der Waals surface area contributed by atoms with Crippen molar-refractivity contribution in [1.29, 1.82) is 0 Å². The maximum Gasteiger partial charge on any atom is 0.123 e. The van der Waals surface area contributed by atoms with E-state index < -0.39 is 0 Å². The SMILES string of the molecule is CCC(C)(C)CNC(C)c1ccccc1OC. The maximum atomic E-state index is 5.38. The average Bonchev–Trinajstić information content (AvgIpc) is 2.36. The van der Waals surface area contributed by atoms with Crippen molar-refractivity contribution >= 4 is 0 Å². The number of nitrogens with one attached hydrogen (secondary N) is 1. The van der Waals surface area contributed by atoms with Crippen molar-refractivity contribution in [2.24, 2.45) is 5.41 Å². The summed E-state index contributed by atoms with van der Waals surface area (Å²) >= 11 is 0. The number of hydrogen-bond donors (Lipinski definition) is 1. The summed E-state index contributed by atoms with van der Waals surface area (Å²) in [7, 11) is 1.72. The summed E-state index contributed by atoms with van der Waals surface area (Å²) < 4.78 is 5.38. The van der Waals surface area contributed by atoms with Crippen LogP contribution in [0.1, 0.15) is 45.7 Å². The zero-order chi connectivity index (χ0) is 12.9. The van der Waals surface area contributed by atoms with Crippen LogP contribution in [0.2, 0.25) is 0 Å². The highest BCUT2D eigenvalue weighted by Gasteiger charge is 2.17. The van der Waals surface area contributed by atoms with Gasteiger partial charge in [-0.1, -0.05) is 39.0 Å². The molecule has 0 aliphatic rings. The van der Waals surface area contributed by atoms with Gasteiger partial charge < -0.3 is 10.1 Å². The number of para-hydroxylation sites is 1. The van der Waals surface area contributed by atoms with E-state index >= 15 is 0 Å². The summed E-state index contributed by atoms with van der Waals surface area (Å²) in [4.78, 5) is 0. The third-order valence-corrected chi connectivity index (χ3v) is 3.45. The van der Waals surface area contributed by atoms with Crippen LogP contribution in [0.3, 0.4) is 0 Å². The molecular weight excluding hydrogens is 210 g/mol. The molecule has 0 aliphatic heterocycles. The first-order valence-electron chi connectivity index (χ1n) is 6.36. The predicted molar refractivity (Wildman–Crippen MR) is 73.5 cm³/mol. The fourth-order valence-electron chi connectivity index (χ4n) is 1.69. The first-order chi connectivity index (χ1) is 8.00. The second kappa shape index (κ2) is 6.06. The molecule has 0 fully saturated rings. The van der Waals surface area contributed by atoms with Gasteiger partial charge in [-0.05, 0) is 24.8 Å². The highest BCUT2D eigenvalue weighted by Crippen LogP contribution is 2.26. The minimum atomic E-state index is 0.317. The molecule has 0 spiro atoms. The van der Waals surface area contributed by atoms with Gasteiger partial charge in [0.2, 0.25) is 0 Å². The van der Waals surface area contributed by atoms with Crippen LogP contribution in [0, 0.1) is 5.41 Å². The first kappa shape index (κ1) is 14.0. The van der Waals surface area contributed by atoms with E-state index in [0.717, 1.165) is 12.3 Å². The summed E-state index contributed by atoms with van der Waals surface area (Å²) in [5.41, 5.74) is 1.57. The molecule has 1 aromatic carbocycles. The van der Waals surface area contributed by atoms with Crippen LogP contribution in [-0.2, 0) is 0 Å². The van der Waals surface area contributed by atoms with E-state index in [1.807, 2.05) is 12.1 Å². The van der Waals surface area contributed by atoms with Gasteiger partial charge in [-0.15, -0.1) is 0 Å². The summed E-state index contributed by atoms with van der Waals surface area (Å²) in [6.07, 6.45) is 1.18. The van der Waals surface area contributed by atoms with Crippen LogP contribution >= 0.6 is 0 Å². The Balaban J connectivity index is 2.67. The van der Waals surface area contributed by atoms with Crippen molar-refractivity contribution in [1.82, 2.24) is 5.32 Å². The second-order valence-electron chi connectivity index (χ2n) is 5.36. The molecule has 1 aromatic rings. The Labute approximate surface area is 105 Å². The fraction of sp³-hybridized carbons (Fsp3) is 0.600. The van der Waals surface area contributed by atoms with E-state index in [-0.39, 0.29) is 0 Å². The van der Waals surface area contributed by atoms with Gasteiger partial charge in [-0.3, -0.25) is 0 Å². The maximum absolute atomic E-state index is 5.38. The number of methoxy groups -OCH3 is 1. The van der Waals surface area contributed by atoms with E-state index in [0.29, 0.717) is 11.5 Å². The second-order valence-corrected chi connectivity index (χ2v) is 5.36. The highest BCUT2D eigenvalue weighted by molar-refractivity contribution is 5.35. The largest absolute Gasteiger partial charge is 0.496 e. The van der Waals surface area contributed by atoms with Gasteiger partial charge in [0.25, 0.3) is 0 Å². The Bertz CT molecular complexity index is 347. The number of ether oxygens (including phenoxy) is 1. The summed E-state index contributed by atoms with van der Waals surface area (Å²) in [5, 5.41) is 3.58. The molecule has 0 saturated heterocycles. The van der Waals surface area contributed by atoms with E-state index in [4.69, 9.17) is 4.74 Å². The van der Waals surface area contributed by atoms with Crippen LogP contribution in [0.15, 0.2) is 24.3 Å². The molecule has 2 heteroatoms. The Hall–Kier alpha value is -1.02. The molecule has 0 bridgehead atoms. The molecule has 0 amide bonds. The summed E-state index contributed by atoms with van der Waals surface area (Å²) in [5.74, 6) is 0.960. The number of benzene rings is 1. The van der Waals surface area contributed by atoms with E-state index in [2.05, 4.69) is 45.1 Å². The molecule has 1 rings (SSSR count). The van der Waals surface area contributed by atoms with Crippen LogP contribution in [-0.4, -0.2) is 13.7 Å². The predicted octanol–water partition coefficient (Wildman–Crippen LogP) is 3.78. The minimum Gasteiger partial charge on any atom is -0.496 e. The lowest BCUT2D eigenvalue weighted by molar-refractivity contribution is 0.311. The molecule has 0 saturated carbocycles. The molecule has 0 aliphatic carbocycles. The molecule has 1 N–H and O–H groups in total. The molecule has 2 nitrogen and oxygen atoms in total. The smallest absolute Gasteiger partial charge is 0.123 e. The quantitative estimate of drug-likeness (QED) is 0.810. The van der Waals surface area contributed by atoms with Gasteiger partial charge in [0.1, 0.15) is 5.75 Å². The molecule has 96 valence electrons. The summed E-state index contributed by atoms with van der Waals surface area (Å²) in [6, 6.07) is 8.51. The van der Waals surface area contributed by atoms with Crippen LogP contribution in [0.5, 0.6) is 5.75 Å². The lowest BCUT2D eigenvalue weighted by Crippen LogP contribution is -2.31. The molecular formula is C15H25NO. The third-order valence-electron chi connectivity index (χ3n) is 3.45. The van der Waals surface area contributed by atoms with E-state index in [1.54, 1.807) is 7.11 Å². The van der Waals surface area contributed by atoms with Crippen molar-refractivity contribution < 1.29 is 4.74 Å². The molecule has 0 aromatic heterocycles.